The Morgan fingerprint density at radius 1 is 0.564 bits per heavy atom. The van der Waals surface area contributed by atoms with Gasteiger partial charge >= 0.3 is 0 Å². The highest BCUT2D eigenvalue weighted by atomic mass is 32.2. The second-order valence-corrected chi connectivity index (χ2v) is 13.2. The van der Waals surface area contributed by atoms with Crippen molar-refractivity contribution in [3.8, 4) is 0 Å². The van der Waals surface area contributed by atoms with Gasteiger partial charge in [0.15, 0.2) is 0 Å². The Balaban J connectivity index is 1.05. The van der Waals surface area contributed by atoms with Crippen LogP contribution in [0.15, 0.2) is 60.7 Å². The van der Waals surface area contributed by atoms with Gasteiger partial charge in [0.25, 0.3) is 0 Å². The quantitative estimate of drug-likeness (QED) is 0.172. The summed E-state index contributed by atoms with van der Waals surface area (Å²) >= 11 is 2.18. The Morgan fingerprint density at radius 3 is 1.44 bits per heavy atom. The van der Waals surface area contributed by atoms with Gasteiger partial charge in [0.2, 0.25) is 0 Å². The summed E-state index contributed by atoms with van der Waals surface area (Å²) in [5, 5.41) is 0. The molecule has 0 aromatic heterocycles. The highest BCUT2D eigenvalue weighted by Gasteiger charge is 2.25. The molecule has 2 aromatic carbocycles. The molecule has 216 valence electrons. The molecule has 0 spiro atoms. The lowest BCUT2D eigenvalue weighted by Crippen LogP contribution is -2.29. The summed E-state index contributed by atoms with van der Waals surface area (Å²) < 4.78 is 12.4. The molecule has 0 aliphatic carbocycles. The highest BCUT2D eigenvalue weighted by Crippen LogP contribution is 2.29. The molecule has 2 aliphatic rings. The lowest BCUT2D eigenvalue weighted by Gasteiger charge is -2.31. The van der Waals surface area contributed by atoms with E-state index >= 15 is 0 Å². The van der Waals surface area contributed by atoms with Crippen LogP contribution in [0.1, 0.15) is 101 Å². The monoisotopic (exact) mass is 550 g/mol. The van der Waals surface area contributed by atoms with Crippen molar-refractivity contribution in [3.05, 3.63) is 71.8 Å². The first-order valence-corrected chi connectivity index (χ1v) is 17.4. The zero-order chi connectivity index (χ0) is 26.8. The van der Waals surface area contributed by atoms with Crippen LogP contribution in [0.3, 0.4) is 0 Å². The largest absolute Gasteiger partial charge is 0.378 e. The van der Waals surface area contributed by atoms with Crippen LogP contribution in [0, 0.1) is 11.8 Å². The zero-order valence-corrected chi connectivity index (χ0v) is 25.3. The average molecular weight is 551 g/mol. The number of rotatable bonds is 18. The van der Waals surface area contributed by atoms with E-state index in [0.717, 1.165) is 13.2 Å². The third kappa shape index (κ3) is 12.0. The van der Waals surface area contributed by atoms with Gasteiger partial charge in [-0.15, -0.1) is 0 Å². The van der Waals surface area contributed by atoms with Gasteiger partial charge in [-0.05, 0) is 112 Å². The molecule has 0 amide bonds. The van der Waals surface area contributed by atoms with E-state index in [9.17, 15) is 0 Å². The number of hydrogen-bond acceptors (Lipinski definition) is 3. The number of hydrogen-bond donors (Lipinski definition) is 0. The van der Waals surface area contributed by atoms with E-state index in [1.807, 2.05) is 0 Å². The lowest BCUT2D eigenvalue weighted by atomic mass is 9.86. The third-order valence-electron chi connectivity index (χ3n) is 8.89. The molecule has 2 aliphatic heterocycles. The Bertz CT molecular complexity index is 773. The van der Waals surface area contributed by atoms with Gasteiger partial charge in [-0.2, -0.15) is 11.8 Å². The normalized spacial score (nSPS) is 21.4. The van der Waals surface area contributed by atoms with Crippen molar-refractivity contribution in [2.75, 3.05) is 24.7 Å². The van der Waals surface area contributed by atoms with Crippen molar-refractivity contribution >= 4 is 11.8 Å². The van der Waals surface area contributed by atoms with Crippen molar-refractivity contribution in [2.45, 2.75) is 115 Å². The van der Waals surface area contributed by atoms with Crippen LogP contribution in [0.4, 0.5) is 0 Å². The Hall–Kier alpha value is -1.29. The van der Waals surface area contributed by atoms with E-state index in [1.165, 1.54) is 125 Å². The van der Waals surface area contributed by atoms with Gasteiger partial charge in [0, 0.05) is 13.2 Å². The van der Waals surface area contributed by atoms with Crippen molar-refractivity contribution in [1.82, 2.24) is 0 Å². The smallest absolute Gasteiger partial charge is 0.0606 e. The van der Waals surface area contributed by atoms with E-state index in [2.05, 4.69) is 72.4 Å². The van der Waals surface area contributed by atoms with Gasteiger partial charge in [-0.1, -0.05) is 86.3 Å². The molecule has 4 unspecified atom stereocenters. The molecule has 2 heterocycles. The second kappa shape index (κ2) is 18.9. The molecule has 0 saturated carbocycles. The summed E-state index contributed by atoms with van der Waals surface area (Å²) in [5.41, 5.74) is 2.95. The molecule has 4 atom stereocenters. The first kappa shape index (κ1) is 30.7. The molecule has 4 rings (SSSR count). The van der Waals surface area contributed by atoms with E-state index in [1.54, 1.807) is 0 Å². The van der Waals surface area contributed by atoms with E-state index in [-0.39, 0.29) is 0 Å². The van der Waals surface area contributed by atoms with Gasteiger partial charge in [0.05, 0.1) is 12.2 Å². The second-order valence-electron chi connectivity index (χ2n) is 12.0. The molecule has 2 aromatic rings. The molecule has 0 bridgehead atoms. The number of benzene rings is 2. The van der Waals surface area contributed by atoms with Gasteiger partial charge in [0.1, 0.15) is 0 Å². The molecule has 2 nitrogen and oxygen atoms in total. The molecule has 2 fully saturated rings. The van der Waals surface area contributed by atoms with Gasteiger partial charge < -0.3 is 9.47 Å². The van der Waals surface area contributed by atoms with Gasteiger partial charge in [-0.25, -0.2) is 0 Å². The van der Waals surface area contributed by atoms with Crippen LogP contribution in [0.5, 0.6) is 0 Å². The Morgan fingerprint density at radius 2 is 1.03 bits per heavy atom. The zero-order valence-electron chi connectivity index (χ0n) is 24.4. The van der Waals surface area contributed by atoms with Crippen LogP contribution in [0.2, 0.25) is 0 Å². The van der Waals surface area contributed by atoms with Crippen molar-refractivity contribution in [3.63, 3.8) is 0 Å². The lowest BCUT2D eigenvalue weighted by molar-refractivity contribution is -0.0237. The van der Waals surface area contributed by atoms with Crippen molar-refractivity contribution in [1.29, 1.82) is 0 Å². The van der Waals surface area contributed by atoms with E-state index in [0.29, 0.717) is 24.0 Å². The first-order chi connectivity index (χ1) is 19.4. The van der Waals surface area contributed by atoms with Crippen LogP contribution in [0.25, 0.3) is 0 Å². The summed E-state index contributed by atoms with van der Waals surface area (Å²) in [6, 6.07) is 22.1. The predicted molar refractivity (Wildman–Crippen MR) is 169 cm³/mol. The minimum atomic E-state index is 0.477. The molecular formula is C36H54O2S. The molecule has 39 heavy (non-hydrogen) atoms. The molecule has 0 radical (unpaired) electrons. The van der Waals surface area contributed by atoms with E-state index in [4.69, 9.17) is 9.47 Å². The van der Waals surface area contributed by atoms with Crippen LogP contribution >= 0.6 is 11.8 Å². The Labute approximate surface area is 244 Å². The minimum Gasteiger partial charge on any atom is -0.378 e. The fourth-order valence-electron chi connectivity index (χ4n) is 6.62. The predicted octanol–water partition coefficient (Wildman–Crippen LogP) is 9.70. The summed E-state index contributed by atoms with van der Waals surface area (Å²) in [4.78, 5) is 0. The standard InChI is InChI=1S/C36H54O2S/c1-5-17-31(18-6-1)29-33(35-23-11-13-25-37-35)21-9-3-15-27-39-28-16-4-10-22-34(36-24-12-14-26-38-36)30-32-19-7-2-8-20-32/h1-2,5-8,17-20,33-36H,3-4,9-16,21-30H2. The SMILES string of the molecule is c1ccc(CC(CCCCCSCCCCCC(Cc2ccccc2)C2CCCCO2)C2CCCCO2)cc1. The first-order valence-electron chi connectivity index (χ1n) is 16.3. The Kier molecular flexibility index (Phi) is 14.9. The maximum Gasteiger partial charge on any atom is 0.0606 e. The fourth-order valence-corrected chi connectivity index (χ4v) is 7.64. The third-order valence-corrected chi connectivity index (χ3v) is 10.0. The number of unbranched alkanes of at least 4 members (excludes halogenated alkanes) is 4. The molecule has 0 N–H and O–H groups in total. The van der Waals surface area contributed by atoms with Gasteiger partial charge in [-0.3, -0.25) is 0 Å². The molecular weight excluding hydrogens is 496 g/mol. The highest BCUT2D eigenvalue weighted by molar-refractivity contribution is 7.99. The van der Waals surface area contributed by atoms with Crippen LogP contribution in [-0.4, -0.2) is 36.9 Å². The topological polar surface area (TPSA) is 18.5 Å². The molecule has 3 heteroatoms. The minimum absolute atomic E-state index is 0.477. The summed E-state index contributed by atoms with van der Waals surface area (Å²) in [5.74, 6) is 4.03. The average Bonchev–Trinajstić information content (AvgIpc) is 3.00. The number of ether oxygens (including phenoxy) is 2. The summed E-state index contributed by atoms with van der Waals surface area (Å²) in [7, 11) is 0. The van der Waals surface area contributed by atoms with Crippen molar-refractivity contribution < 1.29 is 9.47 Å². The number of thioether (sulfide) groups is 1. The summed E-state index contributed by atoms with van der Waals surface area (Å²) in [6.45, 7) is 1.93. The maximum atomic E-state index is 6.22. The van der Waals surface area contributed by atoms with E-state index < -0.39 is 0 Å². The van der Waals surface area contributed by atoms with Crippen molar-refractivity contribution in [2.24, 2.45) is 11.8 Å². The maximum absolute atomic E-state index is 6.22. The van der Waals surface area contributed by atoms with Crippen LogP contribution < -0.4 is 0 Å². The molecule has 2 saturated heterocycles. The summed E-state index contributed by atoms with van der Waals surface area (Å²) in [6.07, 6.45) is 21.8. The van der Waals surface area contributed by atoms with Crippen LogP contribution in [-0.2, 0) is 22.3 Å². The fraction of sp³-hybridized carbons (Fsp3) is 0.667.